The third kappa shape index (κ3) is 5.82. The first kappa shape index (κ1) is 23.2. The van der Waals surface area contributed by atoms with Crippen molar-refractivity contribution < 1.29 is 26.7 Å². The standard InChI is InChI=1S/C23H22F2N2O4S/c1-16-6-11-21(15-22(16)25)32(29,30)26-19-5-3-4-17(14-19)23(28)27(2)12-13-31-20-9-7-18(24)8-10-20/h3-11,14-15,26H,12-13H2,1-2H3. The van der Waals surface area contributed by atoms with Crippen LogP contribution in [0.5, 0.6) is 5.75 Å². The number of benzene rings is 3. The van der Waals surface area contributed by atoms with Gasteiger partial charge in [-0.05, 0) is 67.1 Å². The summed E-state index contributed by atoms with van der Waals surface area (Å²) in [6, 6.07) is 15.2. The molecule has 0 spiro atoms. The Kier molecular flexibility index (Phi) is 7.09. The molecule has 0 saturated carbocycles. The fraction of sp³-hybridized carbons (Fsp3) is 0.174. The third-order valence-electron chi connectivity index (χ3n) is 4.67. The largest absolute Gasteiger partial charge is 0.492 e. The van der Waals surface area contributed by atoms with Gasteiger partial charge in [0, 0.05) is 18.3 Å². The average molecular weight is 461 g/mol. The topological polar surface area (TPSA) is 75.7 Å². The lowest BCUT2D eigenvalue weighted by Gasteiger charge is -2.18. The Morgan fingerprint density at radius 3 is 2.44 bits per heavy atom. The van der Waals surface area contributed by atoms with Crippen molar-refractivity contribution in [3.05, 3.63) is 89.5 Å². The zero-order valence-corrected chi connectivity index (χ0v) is 18.3. The smallest absolute Gasteiger partial charge is 0.261 e. The molecule has 0 heterocycles. The monoisotopic (exact) mass is 460 g/mol. The summed E-state index contributed by atoms with van der Waals surface area (Å²) in [6.45, 7) is 1.99. The number of hydrogen-bond acceptors (Lipinski definition) is 4. The van der Waals surface area contributed by atoms with E-state index in [-0.39, 0.29) is 41.0 Å². The van der Waals surface area contributed by atoms with Crippen molar-refractivity contribution >= 4 is 21.6 Å². The number of nitrogens with one attached hydrogen (secondary N) is 1. The molecule has 6 nitrogen and oxygen atoms in total. The van der Waals surface area contributed by atoms with E-state index in [0.29, 0.717) is 11.3 Å². The molecule has 0 saturated heterocycles. The van der Waals surface area contributed by atoms with Gasteiger partial charge in [-0.15, -0.1) is 0 Å². The summed E-state index contributed by atoms with van der Waals surface area (Å²) in [5.74, 6) is -0.847. The molecular formula is C23H22F2N2O4S. The minimum Gasteiger partial charge on any atom is -0.492 e. The quantitative estimate of drug-likeness (QED) is 0.546. The van der Waals surface area contributed by atoms with E-state index in [2.05, 4.69) is 4.72 Å². The first-order chi connectivity index (χ1) is 15.2. The van der Waals surface area contributed by atoms with Gasteiger partial charge in [-0.3, -0.25) is 9.52 Å². The predicted molar refractivity (Wildman–Crippen MR) is 117 cm³/mol. The molecule has 0 aliphatic rings. The highest BCUT2D eigenvalue weighted by atomic mass is 32.2. The van der Waals surface area contributed by atoms with Gasteiger partial charge >= 0.3 is 0 Å². The zero-order valence-electron chi connectivity index (χ0n) is 17.5. The molecule has 0 aliphatic heterocycles. The normalized spacial score (nSPS) is 11.1. The molecule has 0 radical (unpaired) electrons. The number of rotatable bonds is 8. The van der Waals surface area contributed by atoms with Gasteiger partial charge in [0.05, 0.1) is 11.4 Å². The van der Waals surface area contributed by atoms with Crippen molar-refractivity contribution in [2.24, 2.45) is 0 Å². The number of anilines is 1. The summed E-state index contributed by atoms with van der Waals surface area (Å²) in [6.07, 6.45) is 0. The summed E-state index contributed by atoms with van der Waals surface area (Å²) in [4.78, 5) is 13.9. The van der Waals surface area contributed by atoms with Crippen LogP contribution < -0.4 is 9.46 Å². The lowest BCUT2D eigenvalue weighted by atomic mass is 10.2. The molecule has 3 rings (SSSR count). The second-order valence-corrected chi connectivity index (χ2v) is 8.81. The minimum atomic E-state index is -4.02. The van der Waals surface area contributed by atoms with Crippen LogP contribution in [0.4, 0.5) is 14.5 Å². The number of ether oxygens (including phenoxy) is 1. The van der Waals surface area contributed by atoms with E-state index in [1.165, 1.54) is 60.4 Å². The van der Waals surface area contributed by atoms with Crippen LogP contribution in [0.2, 0.25) is 0 Å². The third-order valence-corrected chi connectivity index (χ3v) is 6.05. The Morgan fingerprint density at radius 2 is 1.75 bits per heavy atom. The number of amides is 1. The number of halogens is 2. The summed E-state index contributed by atoms with van der Waals surface area (Å²) in [5.41, 5.74) is 0.778. The molecule has 0 aromatic heterocycles. The second-order valence-electron chi connectivity index (χ2n) is 7.13. The molecule has 1 amide bonds. The van der Waals surface area contributed by atoms with Crippen molar-refractivity contribution in [1.29, 1.82) is 0 Å². The van der Waals surface area contributed by atoms with Gasteiger partial charge in [0.1, 0.15) is 24.0 Å². The Hall–Kier alpha value is -3.46. The summed E-state index contributed by atoms with van der Waals surface area (Å²) in [7, 11) is -2.44. The van der Waals surface area contributed by atoms with Crippen molar-refractivity contribution in [1.82, 2.24) is 4.90 Å². The highest BCUT2D eigenvalue weighted by molar-refractivity contribution is 7.92. The molecule has 32 heavy (non-hydrogen) atoms. The Labute approximate surface area is 185 Å². The molecule has 3 aromatic carbocycles. The van der Waals surface area contributed by atoms with Gasteiger partial charge in [0.15, 0.2) is 0 Å². The number of likely N-dealkylation sites (N-methyl/N-ethyl adjacent to an activating group) is 1. The van der Waals surface area contributed by atoms with Crippen molar-refractivity contribution in [3.63, 3.8) is 0 Å². The molecule has 9 heteroatoms. The fourth-order valence-corrected chi connectivity index (χ4v) is 3.88. The van der Waals surface area contributed by atoms with E-state index in [4.69, 9.17) is 4.74 Å². The highest BCUT2D eigenvalue weighted by Crippen LogP contribution is 2.20. The van der Waals surface area contributed by atoms with Crippen molar-refractivity contribution in [2.75, 3.05) is 24.9 Å². The molecule has 0 atom stereocenters. The molecule has 1 N–H and O–H groups in total. The number of hydrogen-bond donors (Lipinski definition) is 1. The molecule has 0 aliphatic carbocycles. The zero-order chi connectivity index (χ0) is 23.3. The van der Waals surface area contributed by atoms with E-state index in [1.807, 2.05) is 0 Å². The van der Waals surface area contributed by atoms with Gasteiger partial charge in [0.2, 0.25) is 0 Å². The van der Waals surface area contributed by atoms with Crippen molar-refractivity contribution in [2.45, 2.75) is 11.8 Å². The fourth-order valence-electron chi connectivity index (χ4n) is 2.82. The van der Waals surface area contributed by atoms with Gasteiger partial charge in [-0.25, -0.2) is 17.2 Å². The van der Waals surface area contributed by atoms with E-state index >= 15 is 0 Å². The van der Waals surface area contributed by atoms with E-state index in [1.54, 1.807) is 19.2 Å². The van der Waals surface area contributed by atoms with Crippen LogP contribution in [0.3, 0.4) is 0 Å². The maximum Gasteiger partial charge on any atom is 0.261 e. The molecule has 0 fully saturated rings. The molecular weight excluding hydrogens is 438 g/mol. The molecule has 3 aromatic rings. The van der Waals surface area contributed by atoms with E-state index < -0.39 is 15.8 Å². The van der Waals surface area contributed by atoms with Gasteiger partial charge < -0.3 is 9.64 Å². The molecule has 0 bridgehead atoms. The van der Waals surface area contributed by atoms with Crippen LogP contribution in [0.15, 0.2) is 71.6 Å². The number of nitrogens with zero attached hydrogens (tertiary/aromatic N) is 1. The van der Waals surface area contributed by atoms with Crippen LogP contribution >= 0.6 is 0 Å². The maximum atomic E-state index is 13.8. The lowest BCUT2D eigenvalue weighted by molar-refractivity contribution is 0.0774. The summed E-state index contributed by atoms with van der Waals surface area (Å²) in [5, 5.41) is 0. The average Bonchev–Trinajstić information content (AvgIpc) is 2.76. The summed E-state index contributed by atoms with van der Waals surface area (Å²) >= 11 is 0. The van der Waals surface area contributed by atoms with Gasteiger partial charge in [-0.2, -0.15) is 0 Å². The van der Waals surface area contributed by atoms with Crippen LogP contribution in [0.1, 0.15) is 15.9 Å². The van der Waals surface area contributed by atoms with E-state index in [0.717, 1.165) is 6.07 Å². The number of carbonyl (C=O) groups is 1. The van der Waals surface area contributed by atoms with Gasteiger partial charge in [0.25, 0.3) is 15.9 Å². The number of aryl methyl sites for hydroxylation is 1. The van der Waals surface area contributed by atoms with Crippen molar-refractivity contribution in [3.8, 4) is 5.75 Å². The Balaban J connectivity index is 1.64. The number of sulfonamides is 1. The first-order valence-corrected chi connectivity index (χ1v) is 11.2. The van der Waals surface area contributed by atoms with Crippen LogP contribution in [0, 0.1) is 18.6 Å². The highest BCUT2D eigenvalue weighted by Gasteiger charge is 2.18. The first-order valence-electron chi connectivity index (χ1n) is 9.68. The Morgan fingerprint density at radius 1 is 1.03 bits per heavy atom. The van der Waals surface area contributed by atoms with Crippen LogP contribution in [-0.4, -0.2) is 39.4 Å². The Bertz CT molecular complexity index is 1210. The number of carbonyl (C=O) groups excluding carboxylic acids is 1. The van der Waals surface area contributed by atoms with Crippen LogP contribution in [0.25, 0.3) is 0 Å². The minimum absolute atomic E-state index is 0.174. The second kappa shape index (κ2) is 9.78. The van der Waals surface area contributed by atoms with Gasteiger partial charge in [-0.1, -0.05) is 12.1 Å². The molecule has 168 valence electrons. The molecule has 0 unspecified atom stereocenters. The SMILES string of the molecule is Cc1ccc(S(=O)(=O)Nc2cccc(C(=O)N(C)CCOc3ccc(F)cc3)c2)cc1F. The maximum absolute atomic E-state index is 13.8. The summed E-state index contributed by atoms with van der Waals surface area (Å²) < 4.78 is 59.7. The van der Waals surface area contributed by atoms with E-state index in [9.17, 15) is 22.0 Å². The lowest BCUT2D eigenvalue weighted by Crippen LogP contribution is -2.31. The van der Waals surface area contributed by atoms with Crippen LogP contribution in [-0.2, 0) is 10.0 Å². The predicted octanol–water partition coefficient (Wildman–Crippen LogP) is 4.23.